The Kier molecular flexibility index (Phi) is 17.9. The summed E-state index contributed by atoms with van der Waals surface area (Å²) in [5, 5.41) is 0. The first-order chi connectivity index (χ1) is 9.41. The van der Waals surface area contributed by atoms with Gasteiger partial charge in [0.1, 0.15) is 0 Å². The molecule has 0 aliphatic heterocycles. The summed E-state index contributed by atoms with van der Waals surface area (Å²) in [5.41, 5.74) is 0. The molecule has 0 saturated heterocycles. The van der Waals surface area contributed by atoms with Crippen molar-refractivity contribution < 1.29 is 4.74 Å². The Morgan fingerprint density at radius 2 is 0.789 bits per heavy atom. The highest BCUT2D eigenvalue weighted by Gasteiger charge is 1.93. The van der Waals surface area contributed by atoms with Gasteiger partial charge >= 0.3 is 0 Å². The first kappa shape index (κ1) is 19.0. The normalized spacial score (nSPS) is 11.1. The Labute approximate surface area is 122 Å². The van der Waals surface area contributed by atoms with Gasteiger partial charge in [0.15, 0.2) is 0 Å². The van der Waals surface area contributed by atoms with E-state index in [1.54, 1.807) is 0 Å². The predicted molar refractivity (Wildman–Crippen MR) is 86.8 cm³/mol. The van der Waals surface area contributed by atoms with Crippen molar-refractivity contribution in [2.45, 2.75) is 104 Å². The summed E-state index contributed by atoms with van der Waals surface area (Å²) in [5.74, 6) is 0. The highest BCUT2D eigenvalue weighted by Crippen LogP contribution is 2.11. The molecule has 0 bridgehead atoms. The van der Waals surface area contributed by atoms with Crippen molar-refractivity contribution >= 4 is 0 Å². The monoisotopic (exact) mass is 270 g/mol. The van der Waals surface area contributed by atoms with Crippen LogP contribution in [0.15, 0.2) is 0 Å². The van der Waals surface area contributed by atoms with E-state index in [9.17, 15) is 0 Å². The molecule has 19 heavy (non-hydrogen) atoms. The molecule has 116 valence electrons. The average molecular weight is 271 g/mol. The minimum Gasteiger partial charge on any atom is -0.381 e. The van der Waals surface area contributed by atoms with Crippen LogP contribution in [0.25, 0.3) is 0 Å². The molecule has 0 atom stereocenters. The Hall–Kier alpha value is -0.0400. The van der Waals surface area contributed by atoms with Crippen molar-refractivity contribution in [3.63, 3.8) is 0 Å². The number of rotatable bonds is 16. The second-order valence-corrected chi connectivity index (χ2v) is 5.86. The van der Waals surface area contributed by atoms with Crippen molar-refractivity contribution in [1.82, 2.24) is 0 Å². The van der Waals surface area contributed by atoms with Gasteiger partial charge in [-0.15, -0.1) is 0 Å². The maximum Gasteiger partial charge on any atom is 0.0466 e. The molecule has 1 heteroatoms. The Morgan fingerprint density at radius 1 is 0.421 bits per heavy atom. The molecule has 0 aliphatic carbocycles. The lowest BCUT2D eigenvalue weighted by molar-refractivity contribution is 0.127. The molecule has 0 amide bonds. The molecule has 0 fully saturated rings. The summed E-state index contributed by atoms with van der Waals surface area (Å²) < 4.78 is 5.57. The quantitative estimate of drug-likeness (QED) is 0.291. The van der Waals surface area contributed by atoms with E-state index in [2.05, 4.69) is 13.8 Å². The van der Waals surface area contributed by atoms with E-state index in [0.29, 0.717) is 0 Å². The second kappa shape index (κ2) is 18.0. The number of hydrogen-bond acceptors (Lipinski definition) is 1. The van der Waals surface area contributed by atoms with Gasteiger partial charge in [-0.3, -0.25) is 0 Å². The van der Waals surface area contributed by atoms with Gasteiger partial charge in [-0.1, -0.05) is 90.9 Å². The third-order valence-electron chi connectivity index (χ3n) is 3.78. The van der Waals surface area contributed by atoms with Gasteiger partial charge in [0, 0.05) is 13.2 Å². The largest absolute Gasteiger partial charge is 0.381 e. The Bertz CT molecular complexity index is 129. The third kappa shape index (κ3) is 18.0. The van der Waals surface area contributed by atoms with Crippen LogP contribution in [0.1, 0.15) is 104 Å². The van der Waals surface area contributed by atoms with Crippen molar-refractivity contribution in [3.05, 3.63) is 0 Å². The number of unbranched alkanes of at least 4 members (excludes halogenated alkanes) is 12. The fourth-order valence-corrected chi connectivity index (χ4v) is 2.39. The van der Waals surface area contributed by atoms with Crippen molar-refractivity contribution in [2.75, 3.05) is 13.2 Å². The highest BCUT2D eigenvalue weighted by atomic mass is 16.5. The van der Waals surface area contributed by atoms with Gasteiger partial charge in [-0.05, 0) is 12.8 Å². The molecule has 0 saturated carbocycles. The van der Waals surface area contributed by atoms with Gasteiger partial charge in [-0.25, -0.2) is 0 Å². The van der Waals surface area contributed by atoms with Gasteiger partial charge in [0.05, 0.1) is 0 Å². The van der Waals surface area contributed by atoms with Crippen LogP contribution < -0.4 is 0 Å². The predicted octanol–water partition coefficient (Wildman–Crippen LogP) is 6.50. The molecule has 0 radical (unpaired) electrons. The Morgan fingerprint density at radius 3 is 1.26 bits per heavy atom. The summed E-state index contributed by atoms with van der Waals surface area (Å²) in [6.07, 6.45) is 19.5. The highest BCUT2D eigenvalue weighted by molar-refractivity contribution is 4.48. The van der Waals surface area contributed by atoms with Crippen LogP contribution in [-0.4, -0.2) is 13.2 Å². The van der Waals surface area contributed by atoms with E-state index < -0.39 is 0 Å². The zero-order chi connectivity index (χ0) is 14.0. The summed E-state index contributed by atoms with van der Waals surface area (Å²) in [7, 11) is 0. The standard InChI is InChI=1S/C18H38O/c1-3-5-7-8-9-10-11-12-13-14-15-16-18-19-17-6-4-2/h3-18H2,1-2H3. The van der Waals surface area contributed by atoms with Crippen molar-refractivity contribution in [3.8, 4) is 0 Å². The van der Waals surface area contributed by atoms with Crippen LogP contribution in [-0.2, 0) is 4.74 Å². The summed E-state index contributed by atoms with van der Waals surface area (Å²) in [4.78, 5) is 0. The lowest BCUT2D eigenvalue weighted by Crippen LogP contribution is -1.96. The van der Waals surface area contributed by atoms with Crippen LogP contribution >= 0.6 is 0 Å². The van der Waals surface area contributed by atoms with Crippen molar-refractivity contribution in [1.29, 1.82) is 0 Å². The molecule has 0 spiro atoms. The summed E-state index contributed by atoms with van der Waals surface area (Å²) in [6, 6.07) is 0. The van der Waals surface area contributed by atoms with Gasteiger partial charge in [0.25, 0.3) is 0 Å². The Balaban J connectivity index is 2.88. The fourth-order valence-electron chi connectivity index (χ4n) is 2.39. The van der Waals surface area contributed by atoms with E-state index in [1.807, 2.05) is 0 Å². The molecule has 0 aromatic heterocycles. The van der Waals surface area contributed by atoms with E-state index in [4.69, 9.17) is 4.74 Å². The summed E-state index contributed by atoms with van der Waals surface area (Å²) >= 11 is 0. The molecule has 0 heterocycles. The average Bonchev–Trinajstić information content (AvgIpc) is 2.43. The zero-order valence-electron chi connectivity index (χ0n) is 13.7. The fraction of sp³-hybridized carbons (Fsp3) is 1.00. The summed E-state index contributed by atoms with van der Waals surface area (Å²) in [6.45, 7) is 6.45. The van der Waals surface area contributed by atoms with Crippen LogP contribution in [0.4, 0.5) is 0 Å². The van der Waals surface area contributed by atoms with Crippen molar-refractivity contribution in [2.24, 2.45) is 0 Å². The SMILES string of the molecule is CCCCCCCCCCCCCCOCCCC. The van der Waals surface area contributed by atoms with Crippen LogP contribution in [0.2, 0.25) is 0 Å². The maximum atomic E-state index is 5.57. The van der Waals surface area contributed by atoms with Gasteiger partial charge < -0.3 is 4.74 Å². The second-order valence-electron chi connectivity index (χ2n) is 5.86. The molecular weight excluding hydrogens is 232 g/mol. The van der Waals surface area contributed by atoms with E-state index in [1.165, 1.54) is 89.9 Å². The smallest absolute Gasteiger partial charge is 0.0466 e. The minimum absolute atomic E-state index is 0.967. The molecule has 0 rings (SSSR count). The van der Waals surface area contributed by atoms with E-state index >= 15 is 0 Å². The van der Waals surface area contributed by atoms with Crippen LogP contribution in [0, 0.1) is 0 Å². The van der Waals surface area contributed by atoms with E-state index in [-0.39, 0.29) is 0 Å². The number of ether oxygens (including phenoxy) is 1. The molecule has 0 aromatic carbocycles. The maximum absolute atomic E-state index is 5.57. The zero-order valence-corrected chi connectivity index (χ0v) is 13.7. The van der Waals surface area contributed by atoms with Crippen LogP contribution in [0.3, 0.4) is 0 Å². The van der Waals surface area contributed by atoms with Crippen LogP contribution in [0.5, 0.6) is 0 Å². The molecule has 0 unspecified atom stereocenters. The van der Waals surface area contributed by atoms with E-state index in [0.717, 1.165) is 13.2 Å². The minimum atomic E-state index is 0.967. The molecule has 0 N–H and O–H groups in total. The molecular formula is C18H38O. The lowest BCUT2D eigenvalue weighted by Gasteiger charge is -2.04. The van der Waals surface area contributed by atoms with Gasteiger partial charge in [-0.2, -0.15) is 0 Å². The first-order valence-electron chi connectivity index (χ1n) is 8.99. The third-order valence-corrected chi connectivity index (χ3v) is 3.78. The molecule has 0 aromatic rings. The van der Waals surface area contributed by atoms with Gasteiger partial charge in [0.2, 0.25) is 0 Å². The number of hydrogen-bond donors (Lipinski definition) is 0. The first-order valence-corrected chi connectivity index (χ1v) is 8.99. The lowest BCUT2D eigenvalue weighted by atomic mass is 10.1. The topological polar surface area (TPSA) is 9.23 Å². The molecule has 1 nitrogen and oxygen atoms in total. The molecule has 0 aliphatic rings.